The van der Waals surface area contributed by atoms with Crippen molar-refractivity contribution in [3.63, 3.8) is 0 Å². The summed E-state index contributed by atoms with van der Waals surface area (Å²) in [6.45, 7) is 13.6. The fourth-order valence-corrected chi connectivity index (χ4v) is 2.75. The van der Waals surface area contributed by atoms with Gasteiger partial charge in [0.05, 0.1) is 0 Å². The second kappa shape index (κ2) is 5.67. The molecule has 0 saturated heterocycles. The zero-order chi connectivity index (χ0) is 15.7. The van der Waals surface area contributed by atoms with Crippen LogP contribution in [0.15, 0.2) is 48.5 Å². The van der Waals surface area contributed by atoms with E-state index in [0.29, 0.717) is 0 Å². The second-order valence-electron chi connectivity index (χ2n) is 8.03. The van der Waals surface area contributed by atoms with Crippen molar-refractivity contribution in [2.24, 2.45) is 0 Å². The molecule has 112 valence electrons. The fourth-order valence-electron chi connectivity index (χ4n) is 2.75. The van der Waals surface area contributed by atoms with Crippen LogP contribution in [0.5, 0.6) is 0 Å². The third kappa shape index (κ3) is 3.97. The average Bonchev–Trinajstić information content (AvgIpc) is 2.37. The van der Waals surface area contributed by atoms with E-state index in [1.807, 2.05) is 0 Å². The van der Waals surface area contributed by atoms with Crippen LogP contribution >= 0.6 is 0 Å². The number of benzene rings is 2. The lowest BCUT2D eigenvalue weighted by molar-refractivity contribution is 0.584. The molecule has 2 aromatic carbocycles. The van der Waals surface area contributed by atoms with Gasteiger partial charge in [0, 0.05) is 0 Å². The smallest absolute Gasteiger partial charge is 0.00228 e. The Kier molecular flexibility index (Phi) is 4.27. The van der Waals surface area contributed by atoms with Crippen molar-refractivity contribution in [2.75, 3.05) is 0 Å². The summed E-state index contributed by atoms with van der Waals surface area (Å²) in [4.78, 5) is 0. The highest BCUT2D eigenvalue weighted by Gasteiger charge is 2.17. The summed E-state index contributed by atoms with van der Waals surface area (Å²) in [6, 6.07) is 17.9. The van der Waals surface area contributed by atoms with E-state index in [0.717, 1.165) is 6.42 Å². The molecule has 0 fully saturated rings. The SMILES string of the molecule is CC(C)(C)c1ccc(Cc2ccccc2C(C)(C)C)cc1. The monoisotopic (exact) mass is 280 g/mol. The van der Waals surface area contributed by atoms with E-state index in [1.165, 1.54) is 22.3 Å². The van der Waals surface area contributed by atoms with Crippen molar-refractivity contribution in [1.29, 1.82) is 0 Å². The van der Waals surface area contributed by atoms with E-state index < -0.39 is 0 Å². The Morgan fingerprint density at radius 3 is 1.76 bits per heavy atom. The lowest BCUT2D eigenvalue weighted by atomic mass is 9.82. The Hall–Kier alpha value is -1.56. The third-order valence-electron chi connectivity index (χ3n) is 4.04. The van der Waals surface area contributed by atoms with E-state index in [1.54, 1.807) is 0 Å². The lowest BCUT2D eigenvalue weighted by Gasteiger charge is -2.23. The fraction of sp³-hybridized carbons (Fsp3) is 0.429. The van der Waals surface area contributed by atoms with Gasteiger partial charge < -0.3 is 0 Å². The maximum Gasteiger partial charge on any atom is -0.00228 e. The lowest BCUT2D eigenvalue weighted by Crippen LogP contribution is -2.14. The number of hydrogen-bond acceptors (Lipinski definition) is 0. The predicted molar refractivity (Wildman–Crippen MR) is 93.1 cm³/mol. The number of hydrogen-bond donors (Lipinski definition) is 0. The second-order valence-corrected chi connectivity index (χ2v) is 8.03. The van der Waals surface area contributed by atoms with Crippen LogP contribution in [0.25, 0.3) is 0 Å². The van der Waals surface area contributed by atoms with Gasteiger partial charge >= 0.3 is 0 Å². The Morgan fingerprint density at radius 1 is 0.667 bits per heavy atom. The van der Waals surface area contributed by atoms with Crippen molar-refractivity contribution in [2.45, 2.75) is 58.8 Å². The minimum atomic E-state index is 0.196. The normalized spacial score (nSPS) is 12.5. The summed E-state index contributed by atoms with van der Waals surface area (Å²) in [7, 11) is 0. The molecular formula is C21H28. The summed E-state index contributed by atoms with van der Waals surface area (Å²) in [5.41, 5.74) is 6.09. The van der Waals surface area contributed by atoms with Crippen molar-refractivity contribution in [3.05, 3.63) is 70.8 Å². The average molecular weight is 280 g/mol. The van der Waals surface area contributed by atoms with Crippen LogP contribution in [0.2, 0.25) is 0 Å². The first-order valence-corrected chi connectivity index (χ1v) is 7.86. The Labute approximate surface area is 130 Å². The van der Waals surface area contributed by atoms with Crippen LogP contribution in [-0.2, 0) is 17.3 Å². The molecule has 0 amide bonds. The molecule has 0 saturated carbocycles. The highest BCUT2D eigenvalue weighted by Crippen LogP contribution is 2.28. The molecule has 0 aliphatic heterocycles. The zero-order valence-corrected chi connectivity index (χ0v) is 14.3. The quantitative estimate of drug-likeness (QED) is 0.645. The Balaban J connectivity index is 2.27. The molecule has 0 radical (unpaired) electrons. The standard InChI is InChI=1S/C21H28/c1-20(2,3)18-13-11-16(12-14-18)15-17-9-7-8-10-19(17)21(4,5)6/h7-14H,15H2,1-6H3. The van der Waals surface area contributed by atoms with Gasteiger partial charge in [-0.25, -0.2) is 0 Å². The molecular weight excluding hydrogens is 252 g/mol. The Bertz CT molecular complexity index is 589. The van der Waals surface area contributed by atoms with Crippen LogP contribution in [0.4, 0.5) is 0 Å². The molecule has 0 aromatic heterocycles. The minimum Gasteiger partial charge on any atom is -0.0620 e. The van der Waals surface area contributed by atoms with Gasteiger partial charge in [0.25, 0.3) is 0 Å². The summed E-state index contributed by atoms with van der Waals surface area (Å²) >= 11 is 0. The van der Waals surface area contributed by atoms with Crippen LogP contribution < -0.4 is 0 Å². The van der Waals surface area contributed by atoms with E-state index in [2.05, 4.69) is 90.1 Å². The maximum atomic E-state index is 2.29. The molecule has 0 atom stereocenters. The topological polar surface area (TPSA) is 0 Å². The van der Waals surface area contributed by atoms with E-state index in [-0.39, 0.29) is 10.8 Å². The van der Waals surface area contributed by atoms with Crippen molar-refractivity contribution in [1.82, 2.24) is 0 Å². The molecule has 0 bridgehead atoms. The van der Waals surface area contributed by atoms with E-state index in [4.69, 9.17) is 0 Å². The maximum absolute atomic E-state index is 2.29. The molecule has 2 aromatic rings. The van der Waals surface area contributed by atoms with E-state index in [9.17, 15) is 0 Å². The number of rotatable bonds is 2. The van der Waals surface area contributed by atoms with Crippen molar-refractivity contribution < 1.29 is 0 Å². The Morgan fingerprint density at radius 2 is 1.24 bits per heavy atom. The van der Waals surface area contributed by atoms with Gasteiger partial charge in [-0.05, 0) is 39.5 Å². The van der Waals surface area contributed by atoms with Crippen LogP contribution in [0.3, 0.4) is 0 Å². The first kappa shape index (κ1) is 15.8. The van der Waals surface area contributed by atoms with Gasteiger partial charge in [0.15, 0.2) is 0 Å². The predicted octanol–water partition coefficient (Wildman–Crippen LogP) is 5.87. The first-order chi connectivity index (χ1) is 9.68. The first-order valence-electron chi connectivity index (χ1n) is 7.86. The summed E-state index contributed by atoms with van der Waals surface area (Å²) in [6.07, 6.45) is 1.01. The van der Waals surface area contributed by atoms with Gasteiger partial charge in [-0.1, -0.05) is 90.1 Å². The van der Waals surface area contributed by atoms with Gasteiger partial charge in [-0.15, -0.1) is 0 Å². The molecule has 0 spiro atoms. The molecule has 2 rings (SSSR count). The van der Waals surface area contributed by atoms with Crippen molar-refractivity contribution in [3.8, 4) is 0 Å². The van der Waals surface area contributed by atoms with Gasteiger partial charge in [0.2, 0.25) is 0 Å². The molecule has 0 aliphatic rings. The summed E-state index contributed by atoms with van der Waals surface area (Å²) < 4.78 is 0. The van der Waals surface area contributed by atoms with Gasteiger partial charge in [0.1, 0.15) is 0 Å². The summed E-state index contributed by atoms with van der Waals surface area (Å²) in [5, 5.41) is 0. The molecule has 21 heavy (non-hydrogen) atoms. The molecule has 0 heteroatoms. The third-order valence-corrected chi connectivity index (χ3v) is 4.04. The highest BCUT2D eigenvalue weighted by molar-refractivity contribution is 5.38. The van der Waals surface area contributed by atoms with Crippen LogP contribution in [0, 0.1) is 0 Å². The molecule has 0 nitrogen and oxygen atoms in total. The van der Waals surface area contributed by atoms with Gasteiger partial charge in [-0.3, -0.25) is 0 Å². The molecule has 0 N–H and O–H groups in total. The van der Waals surface area contributed by atoms with Gasteiger partial charge in [-0.2, -0.15) is 0 Å². The largest absolute Gasteiger partial charge is 0.0620 e. The highest BCUT2D eigenvalue weighted by atomic mass is 14.2. The zero-order valence-electron chi connectivity index (χ0n) is 14.3. The van der Waals surface area contributed by atoms with Crippen LogP contribution in [0.1, 0.15) is 63.8 Å². The minimum absolute atomic E-state index is 0.196. The van der Waals surface area contributed by atoms with Crippen LogP contribution in [-0.4, -0.2) is 0 Å². The van der Waals surface area contributed by atoms with E-state index >= 15 is 0 Å². The van der Waals surface area contributed by atoms with Crippen molar-refractivity contribution >= 4 is 0 Å². The summed E-state index contributed by atoms with van der Waals surface area (Å²) in [5.74, 6) is 0. The molecule has 0 unspecified atom stereocenters. The molecule has 0 aliphatic carbocycles. The molecule has 0 heterocycles.